The molecule has 1 amide bonds. The molecule has 0 aliphatic heterocycles. The summed E-state index contributed by atoms with van der Waals surface area (Å²) in [7, 11) is 0. The van der Waals surface area contributed by atoms with Crippen LogP contribution in [0.15, 0.2) is 42.5 Å². The van der Waals surface area contributed by atoms with Gasteiger partial charge in [-0.05, 0) is 62.9 Å². The van der Waals surface area contributed by atoms with Crippen LogP contribution in [0, 0.1) is 11.3 Å². The number of hydrogen-bond acceptors (Lipinski definition) is 4. The summed E-state index contributed by atoms with van der Waals surface area (Å²) >= 11 is 0. The zero-order valence-electron chi connectivity index (χ0n) is 16.1. The molecule has 0 fully saturated rings. The highest BCUT2D eigenvalue weighted by molar-refractivity contribution is 6.01. The van der Waals surface area contributed by atoms with Gasteiger partial charge in [0.15, 0.2) is 5.78 Å². The number of carbonyl (C=O) groups excluding carboxylic acids is 2. The van der Waals surface area contributed by atoms with E-state index in [0.29, 0.717) is 24.1 Å². The van der Waals surface area contributed by atoms with Gasteiger partial charge in [-0.25, -0.2) is 4.79 Å². The van der Waals surface area contributed by atoms with Crippen LogP contribution < -0.4 is 5.32 Å². The number of nitrogens with one attached hydrogen (secondary N) is 1. The van der Waals surface area contributed by atoms with Gasteiger partial charge in [-0.2, -0.15) is 5.26 Å². The van der Waals surface area contributed by atoms with Crippen molar-refractivity contribution in [2.24, 2.45) is 0 Å². The van der Waals surface area contributed by atoms with Crippen LogP contribution in [0.2, 0.25) is 0 Å². The Bertz CT molecular complexity index is 872. The van der Waals surface area contributed by atoms with Crippen LogP contribution in [0.25, 0.3) is 11.1 Å². The molecule has 0 saturated carbocycles. The van der Waals surface area contributed by atoms with E-state index < -0.39 is 11.7 Å². The van der Waals surface area contributed by atoms with Gasteiger partial charge in [-0.15, -0.1) is 0 Å². The standard InChI is InChI=1S/C22H24N2O3/c1-15(25)20-13-17(14-23)7-10-19(20)18-8-5-16(6-9-18)11-12-24-21(26)27-22(2,3)4/h5-10,13H,11-12H2,1-4H3,(H,24,26). The fraction of sp³-hybridized carbons (Fsp3) is 0.318. The van der Waals surface area contributed by atoms with E-state index in [1.54, 1.807) is 18.2 Å². The summed E-state index contributed by atoms with van der Waals surface area (Å²) in [4.78, 5) is 23.6. The molecule has 2 rings (SSSR count). The zero-order chi connectivity index (χ0) is 20.0. The molecule has 0 atom stereocenters. The second kappa shape index (κ2) is 8.50. The van der Waals surface area contributed by atoms with Crippen molar-refractivity contribution in [1.29, 1.82) is 5.26 Å². The number of rotatable bonds is 5. The lowest BCUT2D eigenvalue weighted by Gasteiger charge is -2.19. The molecule has 0 unspecified atom stereocenters. The van der Waals surface area contributed by atoms with Gasteiger partial charge in [0, 0.05) is 12.1 Å². The summed E-state index contributed by atoms with van der Waals surface area (Å²) in [5.74, 6) is -0.0762. The smallest absolute Gasteiger partial charge is 0.407 e. The molecule has 0 aromatic heterocycles. The highest BCUT2D eigenvalue weighted by Crippen LogP contribution is 2.25. The third-order valence-corrected chi connectivity index (χ3v) is 3.87. The van der Waals surface area contributed by atoms with E-state index in [2.05, 4.69) is 11.4 Å². The maximum Gasteiger partial charge on any atom is 0.407 e. The minimum absolute atomic E-state index is 0.0762. The minimum atomic E-state index is -0.513. The third-order valence-electron chi connectivity index (χ3n) is 3.87. The molecule has 0 spiro atoms. The Morgan fingerprint density at radius 3 is 2.33 bits per heavy atom. The van der Waals surface area contributed by atoms with E-state index in [0.717, 1.165) is 16.7 Å². The van der Waals surface area contributed by atoms with Gasteiger partial charge in [0.05, 0.1) is 11.6 Å². The Labute approximate surface area is 160 Å². The van der Waals surface area contributed by atoms with Crippen LogP contribution in [0.4, 0.5) is 4.79 Å². The highest BCUT2D eigenvalue weighted by Gasteiger charge is 2.15. The van der Waals surface area contributed by atoms with Crippen LogP contribution in [0.3, 0.4) is 0 Å². The molecule has 0 heterocycles. The van der Waals surface area contributed by atoms with E-state index in [4.69, 9.17) is 10.00 Å². The van der Waals surface area contributed by atoms with Crippen molar-refractivity contribution < 1.29 is 14.3 Å². The lowest BCUT2D eigenvalue weighted by molar-refractivity contribution is 0.0528. The summed E-state index contributed by atoms with van der Waals surface area (Å²) < 4.78 is 5.20. The normalized spacial score (nSPS) is 10.8. The average molecular weight is 364 g/mol. The lowest BCUT2D eigenvalue weighted by atomic mass is 9.95. The topological polar surface area (TPSA) is 79.2 Å². The number of nitrogens with zero attached hydrogens (tertiary/aromatic N) is 1. The molecule has 2 aromatic carbocycles. The van der Waals surface area contributed by atoms with Gasteiger partial charge in [0.1, 0.15) is 5.60 Å². The van der Waals surface area contributed by atoms with Crippen molar-refractivity contribution in [3.63, 3.8) is 0 Å². The van der Waals surface area contributed by atoms with Gasteiger partial charge in [0.25, 0.3) is 0 Å². The minimum Gasteiger partial charge on any atom is -0.444 e. The first kappa shape index (κ1) is 20.2. The summed E-state index contributed by atoms with van der Waals surface area (Å²) in [6.45, 7) is 7.44. The van der Waals surface area contributed by atoms with Crippen LogP contribution >= 0.6 is 0 Å². The SMILES string of the molecule is CC(=O)c1cc(C#N)ccc1-c1ccc(CCNC(=O)OC(C)(C)C)cc1. The maximum atomic E-state index is 11.9. The number of ketones is 1. The molecule has 5 heteroatoms. The second-order valence-electron chi connectivity index (χ2n) is 7.30. The first-order valence-electron chi connectivity index (χ1n) is 8.81. The number of benzene rings is 2. The van der Waals surface area contributed by atoms with Crippen LogP contribution in [0.5, 0.6) is 0 Å². The van der Waals surface area contributed by atoms with Crippen molar-refractivity contribution in [1.82, 2.24) is 5.32 Å². The van der Waals surface area contributed by atoms with Crippen LogP contribution in [-0.4, -0.2) is 24.0 Å². The van der Waals surface area contributed by atoms with Crippen molar-refractivity contribution in [2.75, 3.05) is 6.54 Å². The Hall–Kier alpha value is -3.13. The molecular weight excluding hydrogens is 340 g/mol. The second-order valence-corrected chi connectivity index (χ2v) is 7.30. The molecule has 0 aliphatic carbocycles. The van der Waals surface area contributed by atoms with Crippen molar-refractivity contribution in [2.45, 2.75) is 39.7 Å². The molecule has 5 nitrogen and oxygen atoms in total. The predicted molar refractivity (Wildman–Crippen MR) is 105 cm³/mol. The number of carbonyl (C=O) groups is 2. The summed E-state index contributed by atoms with van der Waals surface area (Å²) in [5.41, 5.74) is 3.27. The zero-order valence-corrected chi connectivity index (χ0v) is 16.1. The number of ether oxygens (including phenoxy) is 1. The quantitative estimate of drug-likeness (QED) is 0.793. The van der Waals surface area contributed by atoms with E-state index in [9.17, 15) is 9.59 Å². The van der Waals surface area contributed by atoms with E-state index in [-0.39, 0.29) is 5.78 Å². The number of amides is 1. The largest absolute Gasteiger partial charge is 0.444 e. The lowest BCUT2D eigenvalue weighted by Crippen LogP contribution is -2.33. The van der Waals surface area contributed by atoms with E-state index >= 15 is 0 Å². The third kappa shape index (κ3) is 5.96. The number of Topliss-reactive ketones (excluding diaryl/α,β-unsaturated/α-hetero) is 1. The molecule has 0 saturated heterocycles. The summed E-state index contributed by atoms with van der Waals surface area (Å²) in [5, 5.41) is 11.8. The molecule has 0 aliphatic rings. The molecule has 0 bridgehead atoms. The van der Waals surface area contributed by atoms with Gasteiger partial charge in [0.2, 0.25) is 0 Å². The Morgan fingerprint density at radius 1 is 1.11 bits per heavy atom. The fourth-order valence-corrected chi connectivity index (χ4v) is 2.63. The average Bonchev–Trinajstić information content (AvgIpc) is 2.60. The van der Waals surface area contributed by atoms with Crippen LogP contribution in [0.1, 0.15) is 49.2 Å². The monoisotopic (exact) mass is 364 g/mol. The van der Waals surface area contributed by atoms with Crippen LogP contribution in [-0.2, 0) is 11.2 Å². The number of hydrogen-bond donors (Lipinski definition) is 1. The number of nitriles is 1. The van der Waals surface area contributed by atoms with Crippen molar-refractivity contribution in [3.8, 4) is 17.2 Å². The summed E-state index contributed by atoms with van der Waals surface area (Å²) in [6.07, 6.45) is 0.245. The highest BCUT2D eigenvalue weighted by atomic mass is 16.6. The van der Waals surface area contributed by atoms with Gasteiger partial charge in [-0.1, -0.05) is 30.3 Å². The van der Waals surface area contributed by atoms with Gasteiger partial charge < -0.3 is 10.1 Å². The molecule has 0 radical (unpaired) electrons. The molecule has 140 valence electrons. The van der Waals surface area contributed by atoms with Crippen molar-refractivity contribution in [3.05, 3.63) is 59.2 Å². The Morgan fingerprint density at radius 2 is 1.78 bits per heavy atom. The Balaban J connectivity index is 2.05. The first-order chi connectivity index (χ1) is 12.7. The molecule has 27 heavy (non-hydrogen) atoms. The van der Waals surface area contributed by atoms with Crippen molar-refractivity contribution >= 4 is 11.9 Å². The van der Waals surface area contributed by atoms with E-state index in [1.165, 1.54) is 6.92 Å². The van der Waals surface area contributed by atoms with Gasteiger partial charge >= 0.3 is 6.09 Å². The fourth-order valence-electron chi connectivity index (χ4n) is 2.63. The Kier molecular flexibility index (Phi) is 6.36. The first-order valence-corrected chi connectivity index (χ1v) is 8.81. The van der Waals surface area contributed by atoms with E-state index in [1.807, 2.05) is 45.0 Å². The predicted octanol–water partition coefficient (Wildman–Crippen LogP) is 4.50. The number of alkyl carbamates (subject to hydrolysis) is 1. The maximum absolute atomic E-state index is 11.9. The molecular formula is C22H24N2O3. The summed E-state index contributed by atoms with van der Waals surface area (Å²) in [6, 6.07) is 15.0. The molecule has 2 aromatic rings. The van der Waals surface area contributed by atoms with Gasteiger partial charge in [-0.3, -0.25) is 4.79 Å². The molecule has 1 N–H and O–H groups in total.